The highest BCUT2D eigenvalue weighted by Gasteiger charge is 2.21. The van der Waals surface area contributed by atoms with Gasteiger partial charge in [0.2, 0.25) is 5.95 Å². The molecule has 2 heterocycles. The van der Waals surface area contributed by atoms with Crippen LogP contribution in [0, 0.1) is 18.8 Å². The third kappa shape index (κ3) is 2.82. The zero-order valence-corrected chi connectivity index (χ0v) is 14.3. The lowest BCUT2D eigenvalue weighted by molar-refractivity contribution is 0.101. The van der Waals surface area contributed by atoms with Crippen molar-refractivity contribution >= 4 is 16.7 Å². The van der Waals surface area contributed by atoms with Gasteiger partial charge in [-0.15, -0.1) is 0 Å². The van der Waals surface area contributed by atoms with E-state index >= 15 is 0 Å². The predicted molar refractivity (Wildman–Crippen MR) is 92.5 cm³/mol. The van der Waals surface area contributed by atoms with Crippen molar-refractivity contribution in [3.63, 3.8) is 0 Å². The summed E-state index contributed by atoms with van der Waals surface area (Å²) in [5.74, 6) is 0.249. The first-order chi connectivity index (χ1) is 11.4. The lowest BCUT2D eigenvalue weighted by Crippen LogP contribution is -2.08. The largest absolute Gasteiger partial charge is 0.317 e. The van der Waals surface area contributed by atoms with Gasteiger partial charge in [-0.2, -0.15) is 4.39 Å². The standard InChI is InChI=1S/C19H20FN3O/c1-11(2)10-23-17-6-5-14(15-8-21-13(4)22-9-15)7-16(17)18(12(3)24)19(23)20/h5-9,11H,10H2,1-4H3. The van der Waals surface area contributed by atoms with Gasteiger partial charge in [-0.05, 0) is 37.5 Å². The van der Waals surface area contributed by atoms with Gasteiger partial charge in [0.1, 0.15) is 5.82 Å². The molecule has 2 aromatic heterocycles. The summed E-state index contributed by atoms with van der Waals surface area (Å²) in [5, 5.41) is 0.638. The van der Waals surface area contributed by atoms with Gasteiger partial charge >= 0.3 is 0 Å². The number of halogens is 1. The number of rotatable bonds is 4. The number of aryl methyl sites for hydroxylation is 1. The fourth-order valence-electron chi connectivity index (χ4n) is 2.92. The monoisotopic (exact) mass is 325 g/mol. The Morgan fingerprint density at radius 2 is 1.88 bits per heavy atom. The van der Waals surface area contributed by atoms with Gasteiger partial charge < -0.3 is 4.57 Å². The molecule has 0 aliphatic carbocycles. The van der Waals surface area contributed by atoms with Gasteiger partial charge in [-0.3, -0.25) is 4.79 Å². The first-order valence-electron chi connectivity index (χ1n) is 8.00. The first-order valence-corrected chi connectivity index (χ1v) is 8.00. The zero-order valence-electron chi connectivity index (χ0n) is 14.3. The molecule has 0 bridgehead atoms. The molecule has 1 aromatic carbocycles. The molecule has 0 radical (unpaired) electrons. The number of aromatic nitrogens is 3. The molecular formula is C19H20FN3O. The average molecular weight is 325 g/mol. The molecule has 5 heteroatoms. The first kappa shape index (κ1) is 16.3. The van der Waals surface area contributed by atoms with Gasteiger partial charge in [0.25, 0.3) is 0 Å². The summed E-state index contributed by atoms with van der Waals surface area (Å²) in [6.45, 7) is 7.80. The van der Waals surface area contributed by atoms with Crippen molar-refractivity contribution in [1.29, 1.82) is 0 Å². The van der Waals surface area contributed by atoms with Crippen molar-refractivity contribution in [2.45, 2.75) is 34.2 Å². The van der Waals surface area contributed by atoms with E-state index in [0.717, 1.165) is 16.6 Å². The molecule has 0 fully saturated rings. The molecule has 0 amide bonds. The highest BCUT2D eigenvalue weighted by molar-refractivity contribution is 6.08. The summed E-state index contributed by atoms with van der Waals surface area (Å²) in [5.41, 5.74) is 2.60. The normalized spacial score (nSPS) is 11.4. The highest BCUT2D eigenvalue weighted by Crippen LogP contribution is 2.30. The van der Waals surface area contributed by atoms with Crippen LogP contribution in [0.1, 0.15) is 37.0 Å². The topological polar surface area (TPSA) is 47.8 Å². The zero-order chi connectivity index (χ0) is 17.4. The molecule has 4 nitrogen and oxygen atoms in total. The summed E-state index contributed by atoms with van der Waals surface area (Å²) in [6, 6.07) is 5.62. The van der Waals surface area contributed by atoms with Crippen molar-refractivity contribution in [2.75, 3.05) is 0 Å². The van der Waals surface area contributed by atoms with Gasteiger partial charge in [-0.25, -0.2) is 9.97 Å². The summed E-state index contributed by atoms with van der Waals surface area (Å²) in [4.78, 5) is 20.4. The predicted octanol–water partition coefficient (Wildman–Crippen LogP) is 4.40. The van der Waals surface area contributed by atoms with E-state index in [1.54, 1.807) is 17.0 Å². The molecule has 0 saturated carbocycles. The fourth-order valence-corrected chi connectivity index (χ4v) is 2.92. The number of hydrogen-bond acceptors (Lipinski definition) is 3. The van der Waals surface area contributed by atoms with Crippen LogP contribution in [-0.4, -0.2) is 20.3 Å². The number of nitrogens with zero attached hydrogens (tertiary/aromatic N) is 3. The van der Waals surface area contributed by atoms with E-state index in [1.807, 2.05) is 39.0 Å². The number of carbonyl (C=O) groups excluding carboxylic acids is 1. The molecule has 24 heavy (non-hydrogen) atoms. The summed E-state index contributed by atoms with van der Waals surface area (Å²) >= 11 is 0. The number of Topliss-reactive ketones (excluding diaryl/α,β-unsaturated/α-hetero) is 1. The Morgan fingerprint density at radius 3 is 2.46 bits per heavy atom. The maximum atomic E-state index is 14.8. The van der Waals surface area contributed by atoms with Gasteiger partial charge in [0, 0.05) is 29.9 Å². The summed E-state index contributed by atoms with van der Waals surface area (Å²) < 4.78 is 16.4. The lowest BCUT2D eigenvalue weighted by Gasteiger charge is -2.09. The molecule has 0 spiro atoms. The van der Waals surface area contributed by atoms with E-state index in [-0.39, 0.29) is 17.3 Å². The Labute approximate surface area is 140 Å². The van der Waals surface area contributed by atoms with Crippen LogP contribution in [0.5, 0.6) is 0 Å². The van der Waals surface area contributed by atoms with Crippen molar-refractivity contribution in [3.8, 4) is 11.1 Å². The SMILES string of the molecule is CC(=O)c1c(F)n(CC(C)C)c2ccc(-c3cnc(C)nc3)cc12. The molecule has 0 N–H and O–H groups in total. The Bertz CT molecular complexity index is 911. The van der Waals surface area contributed by atoms with Crippen LogP contribution in [0.15, 0.2) is 30.6 Å². The molecule has 124 valence electrons. The van der Waals surface area contributed by atoms with E-state index in [4.69, 9.17) is 0 Å². The number of fused-ring (bicyclic) bond motifs is 1. The lowest BCUT2D eigenvalue weighted by atomic mass is 10.0. The Morgan fingerprint density at radius 1 is 1.21 bits per heavy atom. The van der Waals surface area contributed by atoms with Crippen molar-refractivity contribution in [3.05, 3.63) is 47.9 Å². The maximum absolute atomic E-state index is 14.8. The number of hydrogen-bond donors (Lipinski definition) is 0. The molecular weight excluding hydrogens is 305 g/mol. The summed E-state index contributed by atoms with van der Waals surface area (Å²) in [7, 11) is 0. The minimum Gasteiger partial charge on any atom is -0.317 e. The van der Waals surface area contributed by atoms with Crippen molar-refractivity contribution in [1.82, 2.24) is 14.5 Å². The third-order valence-electron chi connectivity index (χ3n) is 4.01. The second kappa shape index (κ2) is 6.15. The number of carbonyl (C=O) groups is 1. The molecule has 0 aliphatic rings. The average Bonchev–Trinajstić information content (AvgIpc) is 2.79. The van der Waals surface area contributed by atoms with Crippen LogP contribution < -0.4 is 0 Å². The Balaban J connectivity index is 2.23. The molecule has 0 aliphatic heterocycles. The second-order valence-corrected chi connectivity index (χ2v) is 6.48. The van der Waals surface area contributed by atoms with Crippen LogP contribution in [0.2, 0.25) is 0 Å². The van der Waals surface area contributed by atoms with E-state index in [2.05, 4.69) is 9.97 Å². The Hall–Kier alpha value is -2.56. The maximum Gasteiger partial charge on any atom is 0.205 e. The molecule has 0 saturated heterocycles. The van der Waals surface area contributed by atoms with E-state index in [0.29, 0.717) is 17.8 Å². The van der Waals surface area contributed by atoms with Gasteiger partial charge in [-0.1, -0.05) is 19.9 Å². The van der Waals surface area contributed by atoms with Crippen molar-refractivity contribution < 1.29 is 9.18 Å². The second-order valence-electron chi connectivity index (χ2n) is 6.48. The molecule has 3 rings (SSSR count). The minimum absolute atomic E-state index is 0.153. The molecule has 0 atom stereocenters. The van der Waals surface area contributed by atoms with Crippen LogP contribution in [-0.2, 0) is 6.54 Å². The number of benzene rings is 1. The van der Waals surface area contributed by atoms with Crippen LogP contribution in [0.25, 0.3) is 22.0 Å². The van der Waals surface area contributed by atoms with Gasteiger partial charge in [0.05, 0.1) is 11.1 Å². The van der Waals surface area contributed by atoms with E-state index in [9.17, 15) is 9.18 Å². The van der Waals surface area contributed by atoms with Crippen molar-refractivity contribution in [2.24, 2.45) is 5.92 Å². The van der Waals surface area contributed by atoms with Crippen LogP contribution in [0.3, 0.4) is 0 Å². The van der Waals surface area contributed by atoms with E-state index < -0.39 is 5.95 Å². The molecule has 3 aromatic rings. The summed E-state index contributed by atoms with van der Waals surface area (Å²) in [6.07, 6.45) is 3.47. The minimum atomic E-state index is -0.455. The third-order valence-corrected chi connectivity index (χ3v) is 4.01. The highest BCUT2D eigenvalue weighted by atomic mass is 19.1. The molecule has 0 unspecified atom stereocenters. The quantitative estimate of drug-likeness (QED) is 0.668. The van der Waals surface area contributed by atoms with Gasteiger partial charge in [0.15, 0.2) is 5.78 Å². The van der Waals surface area contributed by atoms with Crippen LogP contribution in [0.4, 0.5) is 4.39 Å². The van der Waals surface area contributed by atoms with E-state index in [1.165, 1.54) is 6.92 Å². The van der Waals surface area contributed by atoms with Crippen LogP contribution >= 0.6 is 0 Å². The fraction of sp³-hybridized carbons (Fsp3) is 0.316. The Kier molecular flexibility index (Phi) is 4.18. The number of ketones is 1. The smallest absolute Gasteiger partial charge is 0.205 e.